The highest BCUT2D eigenvalue weighted by atomic mass is 35.5. The number of aromatic amines is 1. The van der Waals surface area contributed by atoms with Crippen molar-refractivity contribution in [2.45, 2.75) is 0 Å². The van der Waals surface area contributed by atoms with Crippen molar-refractivity contribution in [3.8, 4) is 28.1 Å². The maximum absolute atomic E-state index is 6.35. The van der Waals surface area contributed by atoms with Crippen molar-refractivity contribution in [1.29, 1.82) is 0 Å². The first-order valence-electron chi connectivity index (χ1n) is 7.77. The maximum atomic E-state index is 6.35. The number of fused-ring (bicyclic) bond motifs is 1. The average molecular weight is 402 g/mol. The molecule has 0 radical (unpaired) electrons. The summed E-state index contributed by atoms with van der Waals surface area (Å²) in [6.45, 7) is 0. The number of methoxy groups -OCH3 is 1. The Morgan fingerprint density at radius 3 is 2.54 bits per heavy atom. The predicted octanol–water partition coefficient (Wildman–Crippen LogP) is 6.04. The van der Waals surface area contributed by atoms with E-state index in [9.17, 15) is 0 Å². The molecule has 0 bridgehead atoms. The van der Waals surface area contributed by atoms with Crippen molar-refractivity contribution in [3.63, 3.8) is 0 Å². The Morgan fingerprint density at radius 1 is 1.08 bits per heavy atom. The third-order valence-corrected chi connectivity index (χ3v) is 4.99. The molecular weight excluding hydrogens is 389 g/mol. The second kappa shape index (κ2) is 6.76. The molecule has 0 atom stereocenters. The van der Waals surface area contributed by atoms with Gasteiger partial charge in [0.15, 0.2) is 0 Å². The Kier molecular flexibility index (Phi) is 4.44. The van der Waals surface area contributed by atoms with Crippen LogP contribution in [-0.4, -0.2) is 21.5 Å². The Balaban J connectivity index is 1.92. The topological polar surface area (TPSA) is 42.3 Å². The van der Waals surface area contributed by atoms with Crippen LogP contribution >= 0.6 is 35.4 Å². The molecule has 4 rings (SSSR count). The fourth-order valence-electron chi connectivity index (χ4n) is 2.83. The molecule has 4 aromatic rings. The summed E-state index contributed by atoms with van der Waals surface area (Å²) in [6.07, 6.45) is 3.66. The van der Waals surface area contributed by atoms with E-state index < -0.39 is 0 Å². The number of rotatable bonds is 3. The van der Waals surface area contributed by atoms with Crippen LogP contribution in [0.3, 0.4) is 0 Å². The van der Waals surface area contributed by atoms with Crippen LogP contribution in [0.1, 0.15) is 0 Å². The van der Waals surface area contributed by atoms with Gasteiger partial charge >= 0.3 is 0 Å². The minimum absolute atomic E-state index is 0.463. The van der Waals surface area contributed by atoms with Gasteiger partial charge in [-0.1, -0.05) is 35.3 Å². The third kappa shape index (κ3) is 2.98. The molecule has 2 aromatic heterocycles. The molecule has 0 aliphatic carbocycles. The smallest absolute Gasteiger partial charge is 0.205 e. The molecule has 1 N–H and O–H groups in total. The number of aromatic nitrogens is 3. The molecule has 2 aromatic carbocycles. The standard InChI is InChI=1S/C19H13Cl2N3OS/c1-25-13-5-2-11(3-6-13)15-9-22-19(26)24-10-17(23-18(15)24)14-7-4-12(20)8-16(14)21/h2-10,23H,1H3. The molecule has 0 amide bonds. The lowest BCUT2D eigenvalue weighted by atomic mass is 10.1. The van der Waals surface area contributed by atoms with E-state index >= 15 is 0 Å². The van der Waals surface area contributed by atoms with E-state index in [4.69, 9.17) is 40.2 Å². The van der Waals surface area contributed by atoms with Crippen LogP contribution in [0.4, 0.5) is 0 Å². The van der Waals surface area contributed by atoms with Crippen LogP contribution in [0.2, 0.25) is 10.0 Å². The highest BCUT2D eigenvalue weighted by Crippen LogP contribution is 2.32. The van der Waals surface area contributed by atoms with Crippen molar-refractivity contribution < 1.29 is 4.74 Å². The lowest BCUT2D eigenvalue weighted by molar-refractivity contribution is 0.415. The summed E-state index contributed by atoms with van der Waals surface area (Å²) in [4.78, 5) is 7.75. The Bertz CT molecular complexity index is 1170. The molecule has 2 heterocycles. The summed E-state index contributed by atoms with van der Waals surface area (Å²) < 4.78 is 7.53. The number of halogens is 2. The van der Waals surface area contributed by atoms with Gasteiger partial charge in [-0.3, -0.25) is 4.40 Å². The molecule has 7 heteroatoms. The summed E-state index contributed by atoms with van der Waals surface area (Å²) in [5, 5.41) is 1.15. The number of ether oxygens (including phenoxy) is 1. The Hall–Kier alpha value is -2.34. The number of hydrogen-bond donors (Lipinski definition) is 1. The van der Waals surface area contributed by atoms with Crippen LogP contribution in [0.15, 0.2) is 54.9 Å². The Labute approximate surface area is 165 Å². The second-order valence-electron chi connectivity index (χ2n) is 5.69. The monoisotopic (exact) mass is 401 g/mol. The molecule has 0 fully saturated rings. The number of hydrogen-bond acceptors (Lipinski definition) is 3. The van der Waals surface area contributed by atoms with Gasteiger partial charge < -0.3 is 9.72 Å². The number of H-pyrrole nitrogens is 1. The molecule has 0 spiro atoms. The zero-order chi connectivity index (χ0) is 18.3. The molecule has 26 heavy (non-hydrogen) atoms. The summed E-state index contributed by atoms with van der Waals surface area (Å²) in [7, 11) is 1.64. The zero-order valence-corrected chi connectivity index (χ0v) is 16.0. The molecule has 0 aliphatic heterocycles. The van der Waals surface area contributed by atoms with Gasteiger partial charge in [0, 0.05) is 28.5 Å². The van der Waals surface area contributed by atoms with Gasteiger partial charge in [0.2, 0.25) is 4.77 Å². The lowest BCUT2D eigenvalue weighted by Gasteiger charge is -2.05. The number of benzene rings is 2. The fourth-order valence-corrected chi connectivity index (χ4v) is 3.54. The normalized spacial score (nSPS) is 11.0. The Morgan fingerprint density at radius 2 is 1.85 bits per heavy atom. The largest absolute Gasteiger partial charge is 0.497 e. The first-order chi connectivity index (χ1) is 12.6. The highest BCUT2D eigenvalue weighted by Gasteiger charge is 2.12. The first kappa shape index (κ1) is 17.1. The third-order valence-electron chi connectivity index (χ3n) is 4.14. The molecule has 0 saturated heterocycles. The molecule has 0 aliphatic rings. The summed E-state index contributed by atoms with van der Waals surface area (Å²) in [5.41, 5.74) is 4.45. The van der Waals surface area contributed by atoms with Crippen LogP contribution in [0.5, 0.6) is 5.75 Å². The van der Waals surface area contributed by atoms with E-state index in [1.54, 1.807) is 25.4 Å². The van der Waals surface area contributed by atoms with Crippen molar-refractivity contribution in [2.24, 2.45) is 0 Å². The second-order valence-corrected chi connectivity index (χ2v) is 6.90. The van der Waals surface area contributed by atoms with Crippen LogP contribution in [-0.2, 0) is 0 Å². The van der Waals surface area contributed by atoms with E-state index in [0.29, 0.717) is 14.8 Å². The van der Waals surface area contributed by atoms with Crippen molar-refractivity contribution in [3.05, 3.63) is 69.7 Å². The minimum Gasteiger partial charge on any atom is -0.497 e. The molecule has 4 nitrogen and oxygen atoms in total. The minimum atomic E-state index is 0.463. The molecule has 0 unspecified atom stereocenters. The number of nitrogens with one attached hydrogen (secondary N) is 1. The van der Waals surface area contributed by atoms with Gasteiger partial charge in [-0.15, -0.1) is 0 Å². The zero-order valence-electron chi connectivity index (χ0n) is 13.7. The maximum Gasteiger partial charge on any atom is 0.205 e. The predicted molar refractivity (Wildman–Crippen MR) is 108 cm³/mol. The van der Waals surface area contributed by atoms with Crippen molar-refractivity contribution >= 4 is 41.1 Å². The molecular formula is C19H13Cl2N3OS. The van der Waals surface area contributed by atoms with Gasteiger partial charge in [0.05, 0.1) is 17.8 Å². The first-order valence-corrected chi connectivity index (χ1v) is 8.93. The van der Waals surface area contributed by atoms with Gasteiger partial charge in [-0.25, -0.2) is 4.98 Å². The van der Waals surface area contributed by atoms with E-state index in [1.807, 2.05) is 40.9 Å². The van der Waals surface area contributed by atoms with Crippen LogP contribution < -0.4 is 4.74 Å². The van der Waals surface area contributed by atoms with E-state index in [1.165, 1.54) is 0 Å². The lowest BCUT2D eigenvalue weighted by Crippen LogP contribution is -1.92. The highest BCUT2D eigenvalue weighted by molar-refractivity contribution is 7.71. The van der Waals surface area contributed by atoms with Crippen molar-refractivity contribution in [1.82, 2.24) is 14.4 Å². The average Bonchev–Trinajstić information content (AvgIpc) is 3.08. The summed E-state index contributed by atoms with van der Waals surface area (Å²) >= 11 is 17.7. The molecule has 130 valence electrons. The van der Waals surface area contributed by atoms with Crippen LogP contribution in [0.25, 0.3) is 28.0 Å². The molecule has 0 saturated carbocycles. The SMILES string of the molecule is COc1ccc(-c2cnc(=S)n3cc(-c4ccc(Cl)cc4Cl)[nH]c23)cc1. The van der Waals surface area contributed by atoms with E-state index in [-0.39, 0.29) is 0 Å². The quantitative estimate of drug-likeness (QED) is 0.425. The number of nitrogens with zero attached hydrogens (tertiary/aromatic N) is 2. The van der Waals surface area contributed by atoms with Gasteiger partial charge in [-0.2, -0.15) is 0 Å². The summed E-state index contributed by atoms with van der Waals surface area (Å²) in [6, 6.07) is 13.2. The van der Waals surface area contributed by atoms with E-state index in [2.05, 4.69) is 9.97 Å². The number of imidazole rings is 1. The van der Waals surface area contributed by atoms with Gasteiger partial charge in [0.1, 0.15) is 11.4 Å². The fraction of sp³-hybridized carbons (Fsp3) is 0.0526. The van der Waals surface area contributed by atoms with Crippen molar-refractivity contribution in [2.75, 3.05) is 7.11 Å². The van der Waals surface area contributed by atoms with Crippen LogP contribution in [0, 0.1) is 4.77 Å². The van der Waals surface area contributed by atoms with Gasteiger partial charge in [-0.05, 0) is 48.1 Å². The van der Waals surface area contributed by atoms with Gasteiger partial charge in [0.25, 0.3) is 0 Å². The summed E-state index contributed by atoms with van der Waals surface area (Å²) in [5.74, 6) is 0.797. The van der Waals surface area contributed by atoms with E-state index in [0.717, 1.165) is 33.8 Å².